The van der Waals surface area contributed by atoms with E-state index in [1.54, 1.807) is 0 Å². The van der Waals surface area contributed by atoms with Crippen LogP contribution < -0.4 is 0 Å². The molecule has 1 nitrogen and oxygen atoms in total. The lowest BCUT2D eigenvalue weighted by atomic mass is 10.1. The van der Waals surface area contributed by atoms with Crippen LogP contribution in [0.25, 0.3) is 0 Å². The molecule has 0 aliphatic heterocycles. The third kappa shape index (κ3) is 1.97. The molecule has 0 N–H and O–H groups in total. The number of benzene rings is 1. The fraction of sp³-hybridized carbons (Fsp3) is 0.417. The Bertz CT molecular complexity index is 278. The van der Waals surface area contributed by atoms with Gasteiger partial charge in [-0.1, -0.05) is 30.3 Å². The van der Waals surface area contributed by atoms with Gasteiger partial charge < -0.3 is 4.79 Å². The normalized spacial score (nSPS) is 25.5. The lowest BCUT2D eigenvalue weighted by Gasteiger charge is -1.97. The van der Waals surface area contributed by atoms with Crippen molar-refractivity contribution in [1.29, 1.82) is 0 Å². The third-order valence-corrected chi connectivity index (χ3v) is 2.81. The quantitative estimate of drug-likeness (QED) is 0.641. The van der Waals surface area contributed by atoms with Crippen molar-refractivity contribution in [3.05, 3.63) is 35.9 Å². The summed E-state index contributed by atoms with van der Waals surface area (Å²) in [5, 5.41) is 0. The van der Waals surface area contributed by atoms with Gasteiger partial charge in [0.2, 0.25) is 0 Å². The lowest BCUT2D eigenvalue weighted by Crippen LogP contribution is -1.84. The van der Waals surface area contributed by atoms with Crippen molar-refractivity contribution in [1.82, 2.24) is 0 Å². The highest BCUT2D eigenvalue weighted by Crippen LogP contribution is 2.49. The Balaban J connectivity index is 1.89. The molecule has 1 aromatic rings. The molecule has 13 heavy (non-hydrogen) atoms. The van der Waals surface area contributed by atoms with Crippen LogP contribution in [0, 0.1) is 5.92 Å². The Morgan fingerprint density at radius 1 is 1.31 bits per heavy atom. The Kier molecular flexibility index (Phi) is 2.44. The third-order valence-electron chi connectivity index (χ3n) is 2.81. The van der Waals surface area contributed by atoms with E-state index in [-0.39, 0.29) is 0 Å². The van der Waals surface area contributed by atoms with Gasteiger partial charge in [-0.05, 0) is 30.2 Å². The molecule has 0 aromatic heterocycles. The van der Waals surface area contributed by atoms with Crippen LogP contribution in [0.2, 0.25) is 0 Å². The second-order valence-corrected chi connectivity index (χ2v) is 3.76. The van der Waals surface area contributed by atoms with E-state index in [4.69, 9.17) is 0 Å². The first-order valence-corrected chi connectivity index (χ1v) is 4.90. The first kappa shape index (κ1) is 8.49. The van der Waals surface area contributed by atoms with Gasteiger partial charge in [-0.25, -0.2) is 0 Å². The highest BCUT2D eigenvalue weighted by molar-refractivity contribution is 5.49. The van der Waals surface area contributed by atoms with E-state index in [2.05, 4.69) is 24.3 Å². The summed E-state index contributed by atoms with van der Waals surface area (Å²) in [6.45, 7) is 0. The van der Waals surface area contributed by atoms with Crippen molar-refractivity contribution in [3.63, 3.8) is 0 Å². The van der Waals surface area contributed by atoms with Crippen LogP contribution in [-0.2, 0) is 4.79 Å². The number of aldehydes is 1. The first-order chi connectivity index (χ1) is 6.42. The van der Waals surface area contributed by atoms with Crippen LogP contribution in [0.5, 0.6) is 0 Å². The second kappa shape index (κ2) is 3.73. The van der Waals surface area contributed by atoms with Gasteiger partial charge in [0.25, 0.3) is 0 Å². The number of hydrogen-bond donors (Lipinski definition) is 0. The topological polar surface area (TPSA) is 17.1 Å². The highest BCUT2D eigenvalue weighted by Gasteiger charge is 2.36. The van der Waals surface area contributed by atoms with Crippen LogP contribution in [-0.4, -0.2) is 6.29 Å². The van der Waals surface area contributed by atoms with Crippen molar-refractivity contribution in [2.24, 2.45) is 5.92 Å². The number of hydrogen-bond acceptors (Lipinski definition) is 1. The summed E-state index contributed by atoms with van der Waals surface area (Å²) < 4.78 is 0. The molecule has 0 spiro atoms. The summed E-state index contributed by atoms with van der Waals surface area (Å²) in [7, 11) is 0. The van der Waals surface area contributed by atoms with Crippen molar-refractivity contribution in [3.8, 4) is 0 Å². The maximum absolute atomic E-state index is 10.2. The van der Waals surface area contributed by atoms with Crippen molar-refractivity contribution in [2.45, 2.75) is 25.2 Å². The van der Waals surface area contributed by atoms with E-state index in [0.29, 0.717) is 0 Å². The molecule has 1 heteroatoms. The Morgan fingerprint density at radius 2 is 2.08 bits per heavy atom. The largest absolute Gasteiger partial charge is 0.303 e. The zero-order valence-electron chi connectivity index (χ0n) is 7.65. The monoisotopic (exact) mass is 174 g/mol. The van der Waals surface area contributed by atoms with Crippen LogP contribution in [0.15, 0.2) is 30.3 Å². The summed E-state index contributed by atoms with van der Waals surface area (Å²) >= 11 is 0. The van der Waals surface area contributed by atoms with Crippen LogP contribution in [0.4, 0.5) is 0 Å². The summed E-state index contributed by atoms with van der Waals surface area (Å²) in [4.78, 5) is 10.2. The van der Waals surface area contributed by atoms with E-state index in [0.717, 1.165) is 31.0 Å². The molecule has 0 radical (unpaired) electrons. The standard InChI is InChI=1S/C12H14O/c13-8-4-7-11-9-12(11)10-5-2-1-3-6-10/h1-3,5-6,8,11-12H,4,7,9H2/t11-,12-/m1/s1. The van der Waals surface area contributed by atoms with E-state index in [9.17, 15) is 4.79 Å². The van der Waals surface area contributed by atoms with Gasteiger partial charge in [-0.2, -0.15) is 0 Å². The Labute approximate surface area is 78.8 Å². The molecular weight excluding hydrogens is 160 g/mol. The average molecular weight is 174 g/mol. The Hall–Kier alpha value is -1.11. The minimum Gasteiger partial charge on any atom is -0.303 e. The summed E-state index contributed by atoms with van der Waals surface area (Å²) in [6.07, 6.45) is 4.11. The van der Waals surface area contributed by atoms with Gasteiger partial charge in [0.15, 0.2) is 0 Å². The molecule has 1 aliphatic carbocycles. The molecule has 0 amide bonds. The van der Waals surface area contributed by atoms with Gasteiger partial charge in [0.1, 0.15) is 6.29 Å². The maximum atomic E-state index is 10.2. The highest BCUT2D eigenvalue weighted by atomic mass is 16.1. The van der Waals surface area contributed by atoms with E-state index >= 15 is 0 Å². The van der Waals surface area contributed by atoms with E-state index in [1.807, 2.05) is 6.07 Å². The van der Waals surface area contributed by atoms with Gasteiger partial charge in [-0.15, -0.1) is 0 Å². The first-order valence-electron chi connectivity index (χ1n) is 4.90. The molecular formula is C12H14O. The van der Waals surface area contributed by atoms with Crippen LogP contribution in [0.1, 0.15) is 30.7 Å². The van der Waals surface area contributed by atoms with Crippen molar-refractivity contribution < 1.29 is 4.79 Å². The van der Waals surface area contributed by atoms with Gasteiger partial charge in [0.05, 0.1) is 0 Å². The van der Waals surface area contributed by atoms with Gasteiger partial charge >= 0.3 is 0 Å². The molecule has 2 rings (SSSR count). The molecule has 1 saturated carbocycles. The predicted octanol–water partition coefficient (Wildman–Crippen LogP) is 2.77. The van der Waals surface area contributed by atoms with Crippen LogP contribution in [0.3, 0.4) is 0 Å². The molecule has 0 unspecified atom stereocenters. The van der Waals surface area contributed by atoms with Crippen molar-refractivity contribution >= 4 is 6.29 Å². The molecule has 1 aromatic carbocycles. The fourth-order valence-corrected chi connectivity index (χ4v) is 1.96. The second-order valence-electron chi connectivity index (χ2n) is 3.76. The van der Waals surface area contributed by atoms with Crippen LogP contribution >= 0.6 is 0 Å². The fourth-order valence-electron chi connectivity index (χ4n) is 1.96. The SMILES string of the molecule is O=CCC[C@@H]1C[C@@H]1c1ccccc1. The van der Waals surface area contributed by atoms with E-state index in [1.165, 1.54) is 12.0 Å². The number of carbonyl (C=O) groups is 1. The molecule has 1 fully saturated rings. The van der Waals surface area contributed by atoms with Crippen molar-refractivity contribution in [2.75, 3.05) is 0 Å². The number of carbonyl (C=O) groups excluding carboxylic acids is 1. The maximum Gasteiger partial charge on any atom is 0.120 e. The number of rotatable bonds is 4. The molecule has 0 heterocycles. The molecule has 2 atom stereocenters. The average Bonchev–Trinajstić information content (AvgIpc) is 2.95. The summed E-state index contributed by atoms with van der Waals surface area (Å²) in [5.74, 6) is 1.51. The summed E-state index contributed by atoms with van der Waals surface area (Å²) in [6, 6.07) is 10.6. The molecule has 68 valence electrons. The van der Waals surface area contributed by atoms with Gasteiger partial charge in [-0.3, -0.25) is 0 Å². The lowest BCUT2D eigenvalue weighted by molar-refractivity contribution is -0.108. The zero-order valence-corrected chi connectivity index (χ0v) is 7.65. The minimum absolute atomic E-state index is 0.730. The molecule has 0 saturated heterocycles. The molecule has 0 bridgehead atoms. The zero-order chi connectivity index (χ0) is 9.10. The minimum atomic E-state index is 0.730. The van der Waals surface area contributed by atoms with Gasteiger partial charge in [0, 0.05) is 6.42 Å². The Morgan fingerprint density at radius 3 is 2.77 bits per heavy atom. The smallest absolute Gasteiger partial charge is 0.120 e. The van der Waals surface area contributed by atoms with E-state index < -0.39 is 0 Å². The summed E-state index contributed by atoms with van der Waals surface area (Å²) in [5.41, 5.74) is 1.44. The molecule has 1 aliphatic rings. The predicted molar refractivity (Wildman–Crippen MR) is 52.6 cm³/mol.